The largest absolute Gasteiger partial charge is 0.351 e. The van der Waals surface area contributed by atoms with Crippen molar-refractivity contribution in [3.63, 3.8) is 0 Å². The van der Waals surface area contributed by atoms with Crippen LogP contribution in [0.25, 0.3) is 0 Å². The Balaban J connectivity index is 0. The van der Waals surface area contributed by atoms with Gasteiger partial charge in [0.1, 0.15) is 0 Å². The van der Waals surface area contributed by atoms with Crippen molar-refractivity contribution in [1.82, 2.24) is 5.32 Å². The van der Waals surface area contributed by atoms with Crippen LogP contribution in [-0.2, 0) is 11.3 Å². The smallest absolute Gasteiger partial charge is 0.217 e. The van der Waals surface area contributed by atoms with Crippen molar-refractivity contribution >= 4 is 17.2 Å². The molecule has 1 aromatic heterocycles. The second-order valence-electron chi connectivity index (χ2n) is 1.99. The number of thiophene rings is 1. The maximum absolute atomic E-state index is 10.4. The number of amides is 1. The molecule has 0 atom stereocenters. The fourth-order valence-electron chi connectivity index (χ4n) is 0.625. The number of hydrogen-bond donors (Lipinski definition) is 1. The molecule has 0 spiro atoms. The number of carbonyl (C=O) groups excluding carboxylic acids is 1. The lowest BCUT2D eigenvalue weighted by Gasteiger charge is -1.96. The number of rotatable bonds is 2. The molecular formula is C9H17NOS. The molecule has 0 saturated carbocycles. The average Bonchev–Trinajstić information content (AvgIpc) is 2.56. The van der Waals surface area contributed by atoms with E-state index in [2.05, 4.69) is 5.32 Å². The van der Waals surface area contributed by atoms with Gasteiger partial charge in [0.25, 0.3) is 0 Å². The Morgan fingerprint density at radius 3 is 2.75 bits per heavy atom. The zero-order chi connectivity index (χ0) is 9.40. The Labute approximate surface area is 79.1 Å². The van der Waals surface area contributed by atoms with E-state index in [9.17, 15) is 4.79 Å². The lowest BCUT2D eigenvalue weighted by molar-refractivity contribution is -0.119. The summed E-state index contributed by atoms with van der Waals surface area (Å²) >= 11 is 1.65. The highest BCUT2D eigenvalue weighted by atomic mass is 32.1. The molecule has 1 heterocycles. The lowest BCUT2D eigenvalue weighted by atomic mass is 10.4. The summed E-state index contributed by atoms with van der Waals surface area (Å²) in [7, 11) is 0. The van der Waals surface area contributed by atoms with Gasteiger partial charge in [-0.15, -0.1) is 11.3 Å². The number of carbonyl (C=O) groups is 1. The van der Waals surface area contributed by atoms with E-state index in [1.54, 1.807) is 11.3 Å². The summed E-state index contributed by atoms with van der Waals surface area (Å²) in [6.45, 7) is 6.18. The molecule has 1 rings (SSSR count). The van der Waals surface area contributed by atoms with Gasteiger partial charge in [0.15, 0.2) is 0 Å². The molecule has 1 aromatic rings. The van der Waals surface area contributed by atoms with E-state index in [4.69, 9.17) is 0 Å². The van der Waals surface area contributed by atoms with Gasteiger partial charge < -0.3 is 5.32 Å². The van der Waals surface area contributed by atoms with Crippen LogP contribution in [0.4, 0.5) is 0 Å². The average molecular weight is 187 g/mol. The van der Waals surface area contributed by atoms with E-state index in [1.165, 1.54) is 11.8 Å². The molecule has 0 aliphatic heterocycles. The summed E-state index contributed by atoms with van der Waals surface area (Å²) in [5.74, 6) is 0.0217. The van der Waals surface area contributed by atoms with Gasteiger partial charge in [0.05, 0.1) is 6.54 Å². The topological polar surface area (TPSA) is 29.1 Å². The molecule has 0 fully saturated rings. The second kappa shape index (κ2) is 6.85. The third kappa shape index (κ3) is 4.91. The zero-order valence-corrected chi connectivity index (χ0v) is 8.57. The van der Waals surface area contributed by atoms with E-state index < -0.39 is 0 Å². The molecule has 0 radical (unpaired) electrons. The Morgan fingerprint density at radius 2 is 2.33 bits per heavy atom. The van der Waals surface area contributed by atoms with Crippen LogP contribution in [0.5, 0.6) is 0 Å². The van der Waals surface area contributed by atoms with Crippen molar-refractivity contribution in [3.05, 3.63) is 22.4 Å². The zero-order valence-electron chi connectivity index (χ0n) is 7.76. The molecule has 0 aliphatic carbocycles. The highest BCUT2D eigenvalue weighted by Crippen LogP contribution is 2.06. The van der Waals surface area contributed by atoms with Gasteiger partial charge in [-0.1, -0.05) is 19.9 Å². The quantitative estimate of drug-likeness (QED) is 0.757. The van der Waals surface area contributed by atoms with Crippen molar-refractivity contribution in [3.8, 4) is 0 Å². The SMILES string of the molecule is CC.CC(=O)NCc1cccs1.[HH]. The standard InChI is InChI=1S/C7H9NOS.C2H6.H2/c1-6(9)8-5-7-3-2-4-10-7;1-2;/h2-4H,5H2,1H3,(H,8,9);1-2H3;1H. The van der Waals surface area contributed by atoms with Crippen LogP contribution in [0.15, 0.2) is 17.5 Å². The first-order valence-corrected chi connectivity index (χ1v) is 4.94. The van der Waals surface area contributed by atoms with E-state index >= 15 is 0 Å². The third-order valence-corrected chi connectivity index (χ3v) is 1.97. The Hall–Kier alpha value is -0.830. The van der Waals surface area contributed by atoms with Gasteiger partial charge in [-0.05, 0) is 11.4 Å². The van der Waals surface area contributed by atoms with E-state index in [-0.39, 0.29) is 7.33 Å². The molecule has 0 saturated heterocycles. The molecule has 0 unspecified atom stereocenters. The normalized spacial score (nSPS) is 8.25. The third-order valence-electron chi connectivity index (χ3n) is 1.09. The van der Waals surface area contributed by atoms with Crippen LogP contribution < -0.4 is 5.32 Å². The van der Waals surface area contributed by atoms with Gasteiger partial charge in [0, 0.05) is 13.2 Å². The maximum Gasteiger partial charge on any atom is 0.217 e. The van der Waals surface area contributed by atoms with Crippen LogP contribution in [0.3, 0.4) is 0 Å². The van der Waals surface area contributed by atoms with Gasteiger partial charge in [-0.25, -0.2) is 0 Å². The first-order chi connectivity index (χ1) is 5.79. The monoisotopic (exact) mass is 187 g/mol. The molecule has 12 heavy (non-hydrogen) atoms. The van der Waals surface area contributed by atoms with Crippen LogP contribution in [0, 0.1) is 0 Å². The molecule has 1 N–H and O–H groups in total. The molecular weight excluding hydrogens is 170 g/mol. The van der Waals surface area contributed by atoms with Crippen molar-refractivity contribution in [1.29, 1.82) is 0 Å². The van der Waals surface area contributed by atoms with Crippen molar-refractivity contribution in [2.45, 2.75) is 27.3 Å². The van der Waals surface area contributed by atoms with E-state index in [1.807, 2.05) is 31.4 Å². The second-order valence-corrected chi connectivity index (χ2v) is 3.02. The molecule has 0 aliphatic rings. The lowest BCUT2D eigenvalue weighted by Crippen LogP contribution is -2.17. The summed E-state index contributed by atoms with van der Waals surface area (Å²) < 4.78 is 0. The maximum atomic E-state index is 10.4. The highest BCUT2D eigenvalue weighted by Gasteiger charge is 1.92. The van der Waals surface area contributed by atoms with Crippen molar-refractivity contribution in [2.75, 3.05) is 0 Å². The Kier molecular flexibility index (Phi) is 6.38. The van der Waals surface area contributed by atoms with Crippen LogP contribution in [0.2, 0.25) is 0 Å². The molecule has 70 valence electrons. The van der Waals surface area contributed by atoms with E-state index in [0.29, 0.717) is 6.54 Å². The van der Waals surface area contributed by atoms with E-state index in [0.717, 1.165) is 0 Å². The minimum atomic E-state index is 0. The summed E-state index contributed by atoms with van der Waals surface area (Å²) in [5, 5.41) is 4.72. The molecule has 0 aromatic carbocycles. The predicted octanol–water partition coefficient (Wildman–Crippen LogP) is 2.66. The van der Waals surface area contributed by atoms with Crippen LogP contribution in [-0.4, -0.2) is 5.91 Å². The summed E-state index contributed by atoms with van der Waals surface area (Å²) in [4.78, 5) is 11.6. The van der Waals surface area contributed by atoms with Gasteiger partial charge in [-0.2, -0.15) is 0 Å². The minimum Gasteiger partial charge on any atom is -0.351 e. The molecule has 3 heteroatoms. The summed E-state index contributed by atoms with van der Waals surface area (Å²) in [6.07, 6.45) is 0. The van der Waals surface area contributed by atoms with Gasteiger partial charge in [-0.3, -0.25) is 4.79 Å². The predicted molar refractivity (Wildman–Crippen MR) is 55.3 cm³/mol. The fraction of sp³-hybridized carbons (Fsp3) is 0.444. The molecule has 2 nitrogen and oxygen atoms in total. The number of hydrogen-bond acceptors (Lipinski definition) is 2. The van der Waals surface area contributed by atoms with Gasteiger partial charge in [0.2, 0.25) is 5.91 Å². The van der Waals surface area contributed by atoms with Gasteiger partial charge >= 0.3 is 0 Å². The Morgan fingerprint density at radius 1 is 1.67 bits per heavy atom. The molecule has 0 bridgehead atoms. The number of nitrogens with one attached hydrogen (secondary N) is 1. The molecule has 1 amide bonds. The van der Waals surface area contributed by atoms with Crippen LogP contribution >= 0.6 is 11.3 Å². The van der Waals surface area contributed by atoms with Crippen LogP contribution in [0.1, 0.15) is 27.1 Å². The summed E-state index contributed by atoms with van der Waals surface area (Å²) in [5.41, 5.74) is 0. The van der Waals surface area contributed by atoms with Crippen molar-refractivity contribution in [2.24, 2.45) is 0 Å². The Bertz CT molecular complexity index is 211. The highest BCUT2D eigenvalue weighted by molar-refractivity contribution is 7.09. The minimum absolute atomic E-state index is 0. The van der Waals surface area contributed by atoms with Crippen molar-refractivity contribution < 1.29 is 6.22 Å². The first-order valence-electron chi connectivity index (χ1n) is 4.06. The first kappa shape index (κ1) is 11.2. The fourth-order valence-corrected chi connectivity index (χ4v) is 1.27. The summed E-state index contributed by atoms with van der Waals surface area (Å²) in [6, 6.07) is 3.97.